The molecule has 1 N–H and O–H groups in total. The molecule has 106 valence electrons. The lowest BCUT2D eigenvalue weighted by atomic mass is 9.88. The number of aliphatic hydroxyl groups is 1. The first kappa shape index (κ1) is 15.5. The van der Waals surface area contributed by atoms with Crippen molar-refractivity contribution in [2.75, 3.05) is 6.61 Å². The molecule has 0 aromatic carbocycles. The molecule has 1 fully saturated rings. The molecule has 0 aromatic rings. The van der Waals surface area contributed by atoms with Gasteiger partial charge in [-0.15, -0.1) is 0 Å². The number of carbonyl (C=O) groups excluding carboxylic acids is 2. The van der Waals surface area contributed by atoms with E-state index in [9.17, 15) is 14.7 Å². The predicted octanol–water partition coefficient (Wildman–Crippen LogP) is 1.74. The minimum atomic E-state index is -1.33. The van der Waals surface area contributed by atoms with Crippen molar-refractivity contribution in [3.63, 3.8) is 0 Å². The smallest absolute Gasteiger partial charge is 0.316 e. The third-order valence-electron chi connectivity index (χ3n) is 3.50. The number of esters is 1. The van der Waals surface area contributed by atoms with Crippen LogP contribution in [0.15, 0.2) is 5.11 Å². The molecule has 0 heterocycles. The Labute approximate surface area is 111 Å². The average molecular weight is 269 g/mol. The summed E-state index contributed by atoms with van der Waals surface area (Å²) in [4.78, 5) is 26.1. The number of hydrogen-bond acceptors (Lipinski definition) is 5. The van der Waals surface area contributed by atoms with Crippen LogP contribution in [0.1, 0.15) is 39.5 Å². The fourth-order valence-electron chi connectivity index (χ4n) is 2.32. The SMILES string of the molecule is CCOC(=O)C(C)C(=O)CC1(O)CCCC1N=[N+]=[N-]. The highest BCUT2D eigenvalue weighted by molar-refractivity contribution is 5.99. The van der Waals surface area contributed by atoms with Crippen LogP contribution >= 0.6 is 0 Å². The first-order chi connectivity index (χ1) is 8.94. The highest BCUT2D eigenvalue weighted by Crippen LogP contribution is 2.36. The van der Waals surface area contributed by atoms with E-state index in [0.29, 0.717) is 19.3 Å². The summed E-state index contributed by atoms with van der Waals surface area (Å²) >= 11 is 0. The summed E-state index contributed by atoms with van der Waals surface area (Å²) in [6, 6.07) is -0.601. The van der Waals surface area contributed by atoms with Gasteiger partial charge < -0.3 is 9.84 Å². The van der Waals surface area contributed by atoms with Crippen molar-refractivity contribution in [3.05, 3.63) is 10.4 Å². The minimum Gasteiger partial charge on any atom is -0.465 e. The first-order valence-electron chi connectivity index (χ1n) is 6.40. The molecule has 0 amide bonds. The number of carbonyl (C=O) groups is 2. The van der Waals surface area contributed by atoms with E-state index in [4.69, 9.17) is 10.3 Å². The summed E-state index contributed by atoms with van der Waals surface area (Å²) in [5, 5.41) is 13.9. The van der Waals surface area contributed by atoms with Crippen LogP contribution in [0.25, 0.3) is 10.4 Å². The van der Waals surface area contributed by atoms with Crippen LogP contribution < -0.4 is 0 Å². The Morgan fingerprint density at radius 2 is 2.32 bits per heavy atom. The standard InChI is InChI=1S/C12H19N3O4/c1-3-19-11(17)8(2)9(16)7-12(18)6-4-5-10(12)14-15-13/h8,10,18H,3-7H2,1-2H3. The van der Waals surface area contributed by atoms with Crippen molar-refractivity contribution in [2.24, 2.45) is 11.0 Å². The molecule has 0 aliphatic heterocycles. The third-order valence-corrected chi connectivity index (χ3v) is 3.50. The zero-order valence-electron chi connectivity index (χ0n) is 11.2. The molecule has 7 heteroatoms. The maximum atomic E-state index is 12.0. The molecule has 0 bridgehead atoms. The second kappa shape index (κ2) is 6.54. The summed E-state index contributed by atoms with van der Waals surface area (Å²) < 4.78 is 4.77. The number of ketones is 1. The maximum absolute atomic E-state index is 12.0. The number of azide groups is 1. The van der Waals surface area contributed by atoms with Crippen LogP contribution in [0.3, 0.4) is 0 Å². The van der Waals surface area contributed by atoms with E-state index >= 15 is 0 Å². The number of rotatable bonds is 6. The topological polar surface area (TPSA) is 112 Å². The van der Waals surface area contributed by atoms with Crippen molar-refractivity contribution in [1.82, 2.24) is 0 Å². The van der Waals surface area contributed by atoms with Gasteiger partial charge in [0.15, 0.2) is 0 Å². The first-order valence-corrected chi connectivity index (χ1v) is 6.40. The van der Waals surface area contributed by atoms with E-state index in [1.54, 1.807) is 6.92 Å². The average Bonchev–Trinajstić information content (AvgIpc) is 2.70. The molecule has 0 aromatic heterocycles. The number of ether oxygens (including phenoxy) is 1. The van der Waals surface area contributed by atoms with Gasteiger partial charge in [-0.05, 0) is 32.2 Å². The van der Waals surface area contributed by atoms with Gasteiger partial charge in [-0.25, -0.2) is 0 Å². The molecule has 7 nitrogen and oxygen atoms in total. The summed E-state index contributed by atoms with van der Waals surface area (Å²) in [6.45, 7) is 3.33. The summed E-state index contributed by atoms with van der Waals surface area (Å²) in [6.07, 6.45) is 1.47. The van der Waals surface area contributed by atoms with Crippen LogP contribution in [-0.2, 0) is 14.3 Å². The van der Waals surface area contributed by atoms with Crippen molar-refractivity contribution < 1.29 is 19.4 Å². The van der Waals surface area contributed by atoms with Gasteiger partial charge in [0.1, 0.15) is 11.7 Å². The molecule has 0 spiro atoms. The van der Waals surface area contributed by atoms with Gasteiger partial charge in [0.2, 0.25) is 0 Å². The third kappa shape index (κ3) is 3.68. The van der Waals surface area contributed by atoms with Gasteiger partial charge in [0.25, 0.3) is 0 Å². The molecule has 0 radical (unpaired) electrons. The van der Waals surface area contributed by atoms with E-state index in [2.05, 4.69) is 10.0 Å². The van der Waals surface area contributed by atoms with E-state index < -0.39 is 23.5 Å². The Bertz CT molecular complexity index is 406. The summed E-state index contributed by atoms with van der Waals surface area (Å²) in [5.41, 5.74) is 7.12. The zero-order chi connectivity index (χ0) is 14.5. The Balaban J connectivity index is 2.69. The number of nitrogens with zero attached hydrogens (tertiary/aromatic N) is 3. The molecule has 19 heavy (non-hydrogen) atoms. The molecular weight excluding hydrogens is 250 g/mol. The van der Waals surface area contributed by atoms with Crippen LogP contribution in [0.2, 0.25) is 0 Å². The second-order valence-corrected chi connectivity index (χ2v) is 4.83. The Morgan fingerprint density at radius 1 is 1.63 bits per heavy atom. The number of Topliss-reactive ketones (excluding diaryl/α,β-unsaturated/α-hetero) is 1. The fraction of sp³-hybridized carbons (Fsp3) is 0.833. The van der Waals surface area contributed by atoms with Crippen molar-refractivity contribution in [1.29, 1.82) is 0 Å². The van der Waals surface area contributed by atoms with Gasteiger partial charge in [-0.1, -0.05) is 11.5 Å². The normalized spacial score (nSPS) is 27.4. The molecule has 3 atom stereocenters. The summed E-state index contributed by atoms with van der Waals surface area (Å²) in [5.74, 6) is -1.88. The molecule has 0 saturated heterocycles. The molecule has 1 aliphatic carbocycles. The quantitative estimate of drug-likeness (QED) is 0.260. The van der Waals surface area contributed by atoms with Crippen LogP contribution in [0.5, 0.6) is 0 Å². The van der Waals surface area contributed by atoms with Crippen LogP contribution in [-0.4, -0.2) is 35.1 Å². The minimum absolute atomic E-state index is 0.184. The molecule has 1 rings (SSSR count). The van der Waals surface area contributed by atoms with E-state index in [0.717, 1.165) is 0 Å². The fourth-order valence-corrected chi connectivity index (χ4v) is 2.32. The summed E-state index contributed by atoms with van der Waals surface area (Å²) in [7, 11) is 0. The van der Waals surface area contributed by atoms with Gasteiger partial charge in [-0.2, -0.15) is 0 Å². The Morgan fingerprint density at radius 3 is 2.89 bits per heavy atom. The van der Waals surface area contributed by atoms with Gasteiger partial charge in [0.05, 0.1) is 18.2 Å². The van der Waals surface area contributed by atoms with E-state index in [-0.39, 0.29) is 18.8 Å². The lowest BCUT2D eigenvalue weighted by molar-refractivity contribution is -0.151. The monoisotopic (exact) mass is 269 g/mol. The second-order valence-electron chi connectivity index (χ2n) is 4.83. The molecular formula is C12H19N3O4. The van der Waals surface area contributed by atoms with Gasteiger partial charge in [0, 0.05) is 11.3 Å². The van der Waals surface area contributed by atoms with Crippen LogP contribution in [0, 0.1) is 5.92 Å². The van der Waals surface area contributed by atoms with Crippen molar-refractivity contribution in [3.8, 4) is 0 Å². The molecule has 3 unspecified atom stereocenters. The number of hydrogen-bond donors (Lipinski definition) is 1. The van der Waals surface area contributed by atoms with Crippen molar-refractivity contribution in [2.45, 2.75) is 51.2 Å². The molecule has 1 aliphatic rings. The zero-order valence-corrected chi connectivity index (χ0v) is 11.2. The lowest BCUT2D eigenvalue weighted by Crippen LogP contribution is -2.40. The lowest BCUT2D eigenvalue weighted by Gasteiger charge is -2.27. The van der Waals surface area contributed by atoms with Crippen LogP contribution in [0.4, 0.5) is 0 Å². The molecule has 1 saturated carbocycles. The Hall–Kier alpha value is -1.59. The van der Waals surface area contributed by atoms with E-state index in [1.165, 1.54) is 6.92 Å². The van der Waals surface area contributed by atoms with Gasteiger partial charge >= 0.3 is 5.97 Å². The van der Waals surface area contributed by atoms with Crippen molar-refractivity contribution >= 4 is 11.8 Å². The van der Waals surface area contributed by atoms with Gasteiger partial charge in [-0.3, -0.25) is 9.59 Å². The van der Waals surface area contributed by atoms with E-state index in [1.807, 2.05) is 0 Å². The largest absolute Gasteiger partial charge is 0.465 e. The Kier molecular flexibility index (Phi) is 5.32. The predicted molar refractivity (Wildman–Crippen MR) is 67.2 cm³/mol. The maximum Gasteiger partial charge on any atom is 0.316 e. The highest BCUT2D eigenvalue weighted by Gasteiger charge is 2.43. The highest BCUT2D eigenvalue weighted by atomic mass is 16.5.